The smallest absolute Gasteiger partial charge is 0.272 e. The predicted molar refractivity (Wildman–Crippen MR) is 70.8 cm³/mol. The fourth-order valence-corrected chi connectivity index (χ4v) is 2.76. The van der Waals surface area contributed by atoms with Crippen molar-refractivity contribution in [3.8, 4) is 0 Å². The lowest BCUT2D eigenvalue weighted by atomic mass is 10.3. The average molecular weight is 329 g/mol. The zero-order valence-corrected chi connectivity index (χ0v) is 11.7. The molecule has 0 fully saturated rings. The zero-order chi connectivity index (χ0) is 15.0. The SMILES string of the molecule is O=S(=O)(Nc1c(F)cccc1Cl)c1nc2ncncn2n1. The van der Waals surface area contributed by atoms with Gasteiger partial charge in [0, 0.05) is 0 Å². The number of hydrogen-bond donors (Lipinski definition) is 1. The van der Waals surface area contributed by atoms with E-state index in [1.54, 1.807) is 0 Å². The Morgan fingerprint density at radius 2 is 2.14 bits per heavy atom. The number of fused-ring (bicyclic) bond motifs is 1. The highest BCUT2D eigenvalue weighted by Gasteiger charge is 2.23. The number of rotatable bonds is 3. The Labute approximate surface area is 122 Å². The van der Waals surface area contributed by atoms with Gasteiger partial charge in [-0.05, 0) is 12.1 Å². The van der Waals surface area contributed by atoms with Gasteiger partial charge in [0.2, 0.25) is 0 Å². The molecule has 0 aliphatic heterocycles. The summed E-state index contributed by atoms with van der Waals surface area (Å²) in [6.07, 6.45) is 2.44. The topological polar surface area (TPSA) is 102 Å². The molecule has 0 atom stereocenters. The molecule has 2 aromatic heterocycles. The summed E-state index contributed by atoms with van der Waals surface area (Å²) in [6.45, 7) is 0. The Morgan fingerprint density at radius 3 is 2.86 bits per heavy atom. The van der Waals surface area contributed by atoms with Crippen LogP contribution in [-0.2, 0) is 10.0 Å². The number of para-hydroxylation sites is 1. The van der Waals surface area contributed by atoms with Gasteiger partial charge in [0.1, 0.15) is 24.2 Å². The first-order valence-corrected chi connectivity index (χ1v) is 7.33. The maximum absolute atomic E-state index is 13.6. The average Bonchev–Trinajstić information content (AvgIpc) is 2.88. The molecule has 0 amide bonds. The zero-order valence-electron chi connectivity index (χ0n) is 10.1. The molecule has 3 aromatic rings. The van der Waals surface area contributed by atoms with Crippen LogP contribution in [0.1, 0.15) is 0 Å². The molecule has 2 heterocycles. The van der Waals surface area contributed by atoms with Gasteiger partial charge in [0.15, 0.2) is 0 Å². The molecule has 0 aliphatic rings. The Morgan fingerprint density at radius 1 is 1.33 bits per heavy atom. The molecule has 21 heavy (non-hydrogen) atoms. The Bertz CT molecular complexity index is 875. The molecule has 11 heteroatoms. The monoisotopic (exact) mass is 328 g/mol. The lowest BCUT2D eigenvalue weighted by Crippen LogP contribution is -2.16. The highest BCUT2D eigenvalue weighted by atomic mass is 35.5. The maximum atomic E-state index is 13.6. The van der Waals surface area contributed by atoms with E-state index in [0.29, 0.717) is 0 Å². The van der Waals surface area contributed by atoms with Gasteiger partial charge >= 0.3 is 0 Å². The lowest BCUT2D eigenvalue weighted by Gasteiger charge is -2.07. The van der Waals surface area contributed by atoms with E-state index >= 15 is 0 Å². The minimum atomic E-state index is -4.21. The van der Waals surface area contributed by atoms with E-state index in [9.17, 15) is 12.8 Å². The third-order valence-electron chi connectivity index (χ3n) is 2.45. The molecule has 0 bridgehead atoms. The molecule has 1 N–H and O–H groups in total. The van der Waals surface area contributed by atoms with E-state index in [1.165, 1.54) is 24.8 Å². The minimum absolute atomic E-state index is 0.0463. The molecule has 3 rings (SSSR count). The summed E-state index contributed by atoms with van der Waals surface area (Å²) in [5, 5.41) is 3.06. The molecular formula is C10H6ClFN6O2S. The summed E-state index contributed by atoms with van der Waals surface area (Å²) >= 11 is 5.77. The summed E-state index contributed by atoms with van der Waals surface area (Å²) in [5.41, 5.74) is -0.371. The van der Waals surface area contributed by atoms with Crippen molar-refractivity contribution in [1.29, 1.82) is 0 Å². The third-order valence-corrected chi connectivity index (χ3v) is 3.89. The summed E-state index contributed by atoms with van der Waals surface area (Å²) in [6, 6.07) is 3.78. The van der Waals surface area contributed by atoms with Gasteiger partial charge in [0.05, 0.1) is 5.02 Å². The second kappa shape index (κ2) is 4.90. The minimum Gasteiger partial charge on any atom is -0.272 e. The number of hydrogen-bond acceptors (Lipinski definition) is 6. The van der Waals surface area contributed by atoms with Gasteiger partial charge in [-0.1, -0.05) is 17.7 Å². The van der Waals surface area contributed by atoms with Crippen LogP contribution in [-0.4, -0.2) is 33.0 Å². The van der Waals surface area contributed by atoms with Gasteiger partial charge in [-0.25, -0.2) is 9.37 Å². The van der Waals surface area contributed by atoms with Gasteiger partial charge < -0.3 is 0 Å². The van der Waals surface area contributed by atoms with Crippen molar-refractivity contribution in [1.82, 2.24) is 24.6 Å². The van der Waals surface area contributed by atoms with E-state index < -0.39 is 21.0 Å². The van der Waals surface area contributed by atoms with Crippen molar-refractivity contribution in [2.24, 2.45) is 0 Å². The van der Waals surface area contributed by atoms with Crippen LogP contribution in [0.5, 0.6) is 0 Å². The van der Waals surface area contributed by atoms with Crippen LogP contribution in [0.2, 0.25) is 5.02 Å². The molecule has 108 valence electrons. The van der Waals surface area contributed by atoms with Gasteiger partial charge in [-0.3, -0.25) is 4.72 Å². The quantitative estimate of drug-likeness (QED) is 0.772. The number of anilines is 1. The molecule has 8 nitrogen and oxygen atoms in total. The summed E-state index contributed by atoms with van der Waals surface area (Å²) in [7, 11) is -4.21. The molecule has 1 aromatic carbocycles. The first kappa shape index (κ1) is 13.6. The van der Waals surface area contributed by atoms with Gasteiger partial charge in [-0.2, -0.15) is 22.9 Å². The molecule has 0 saturated heterocycles. The number of nitrogens with zero attached hydrogens (tertiary/aromatic N) is 5. The molecule has 0 aliphatic carbocycles. The van der Waals surface area contributed by atoms with Crippen LogP contribution < -0.4 is 4.72 Å². The van der Waals surface area contributed by atoms with Crippen LogP contribution in [0.15, 0.2) is 36.0 Å². The Balaban J connectivity index is 2.04. The van der Waals surface area contributed by atoms with Crippen LogP contribution in [0.4, 0.5) is 10.1 Å². The summed E-state index contributed by atoms with van der Waals surface area (Å²) < 4.78 is 41.0. The molecule has 0 saturated carbocycles. The molecular weight excluding hydrogens is 323 g/mol. The summed E-state index contributed by atoms with van der Waals surface area (Å²) in [5.74, 6) is -0.764. The number of aromatic nitrogens is 5. The second-order valence-corrected chi connectivity index (χ2v) is 5.83. The number of sulfonamides is 1. The van der Waals surface area contributed by atoms with Gasteiger partial charge in [0.25, 0.3) is 21.0 Å². The van der Waals surface area contributed by atoms with Gasteiger partial charge in [-0.15, -0.1) is 5.10 Å². The van der Waals surface area contributed by atoms with E-state index in [0.717, 1.165) is 10.6 Å². The Hall–Kier alpha value is -2.33. The number of nitrogens with one attached hydrogen (secondary N) is 1. The van der Waals surface area contributed by atoms with E-state index in [1.807, 2.05) is 4.72 Å². The van der Waals surface area contributed by atoms with E-state index in [-0.39, 0.29) is 16.5 Å². The van der Waals surface area contributed by atoms with Crippen LogP contribution in [0, 0.1) is 5.82 Å². The van der Waals surface area contributed by atoms with Crippen LogP contribution >= 0.6 is 11.6 Å². The molecule has 0 unspecified atom stereocenters. The van der Waals surface area contributed by atoms with Crippen molar-refractivity contribution < 1.29 is 12.8 Å². The second-order valence-electron chi connectivity index (χ2n) is 3.85. The van der Waals surface area contributed by atoms with Crippen molar-refractivity contribution in [2.45, 2.75) is 5.16 Å². The highest BCUT2D eigenvalue weighted by Crippen LogP contribution is 2.26. The van der Waals surface area contributed by atoms with Crippen molar-refractivity contribution >= 4 is 33.1 Å². The maximum Gasteiger partial charge on any atom is 0.299 e. The summed E-state index contributed by atoms with van der Waals surface area (Å²) in [4.78, 5) is 11.1. The Kier molecular flexibility index (Phi) is 3.18. The van der Waals surface area contributed by atoms with Crippen LogP contribution in [0.25, 0.3) is 5.78 Å². The molecule has 0 spiro atoms. The fourth-order valence-electron chi connectivity index (χ4n) is 1.53. The number of halogens is 2. The van der Waals surface area contributed by atoms with Crippen molar-refractivity contribution in [3.05, 3.63) is 41.7 Å². The highest BCUT2D eigenvalue weighted by molar-refractivity contribution is 7.92. The first-order valence-electron chi connectivity index (χ1n) is 5.46. The van der Waals surface area contributed by atoms with Crippen molar-refractivity contribution in [2.75, 3.05) is 4.72 Å². The van der Waals surface area contributed by atoms with Crippen molar-refractivity contribution in [3.63, 3.8) is 0 Å². The molecule has 0 radical (unpaired) electrons. The van der Waals surface area contributed by atoms with E-state index in [4.69, 9.17) is 11.6 Å². The van der Waals surface area contributed by atoms with Crippen LogP contribution in [0.3, 0.4) is 0 Å². The first-order chi connectivity index (χ1) is 9.97. The standard InChI is InChI=1S/C10H6ClFN6O2S/c11-6-2-1-3-7(12)8(6)17-21(19,20)10-15-9-14-4-13-5-18(9)16-10/h1-5,17H. The largest absolute Gasteiger partial charge is 0.299 e. The normalized spacial score (nSPS) is 11.7. The van der Waals surface area contributed by atoms with E-state index in [2.05, 4.69) is 20.1 Å². The lowest BCUT2D eigenvalue weighted by molar-refractivity contribution is 0.590. The fraction of sp³-hybridized carbons (Fsp3) is 0. The number of benzene rings is 1. The third kappa shape index (κ3) is 2.50. The predicted octanol–water partition coefficient (Wildman–Crippen LogP) is 1.11.